The van der Waals surface area contributed by atoms with Gasteiger partial charge in [-0.25, -0.2) is 0 Å². The van der Waals surface area contributed by atoms with Crippen molar-refractivity contribution in [3.63, 3.8) is 0 Å². The third kappa shape index (κ3) is 2.17. The molecule has 0 fully saturated rings. The van der Waals surface area contributed by atoms with Gasteiger partial charge in [-0.15, -0.1) is 0 Å². The third-order valence-corrected chi connectivity index (χ3v) is 3.48. The van der Waals surface area contributed by atoms with Crippen molar-refractivity contribution in [2.45, 2.75) is 26.4 Å². The zero-order chi connectivity index (χ0) is 13.4. The second-order valence-electron chi connectivity index (χ2n) is 4.77. The second kappa shape index (κ2) is 4.59. The number of aromatic hydroxyl groups is 1. The molecule has 0 aliphatic carbocycles. The topological polar surface area (TPSA) is 67.5 Å². The van der Waals surface area contributed by atoms with Crippen molar-refractivity contribution < 1.29 is 14.4 Å². The number of ether oxygens (including phenoxy) is 1. The van der Waals surface area contributed by atoms with E-state index in [-0.39, 0.29) is 11.8 Å². The van der Waals surface area contributed by atoms with Crippen LogP contribution in [0.4, 0.5) is 0 Å². The lowest BCUT2D eigenvalue weighted by Crippen LogP contribution is -2.22. The van der Waals surface area contributed by atoms with Crippen molar-refractivity contribution in [3.8, 4) is 11.5 Å². The van der Waals surface area contributed by atoms with Crippen molar-refractivity contribution in [3.05, 3.63) is 40.8 Å². The van der Waals surface area contributed by atoms with Crippen LogP contribution in [0.5, 0.6) is 11.5 Å². The van der Waals surface area contributed by atoms with Gasteiger partial charge in [0.05, 0.1) is 11.7 Å². The molecule has 0 amide bonds. The zero-order valence-electron chi connectivity index (χ0n) is 10.9. The van der Waals surface area contributed by atoms with Gasteiger partial charge in [-0.3, -0.25) is 0 Å². The van der Waals surface area contributed by atoms with Gasteiger partial charge in [-0.1, -0.05) is 5.16 Å². The lowest BCUT2D eigenvalue weighted by molar-refractivity contribution is 0.309. The molecule has 19 heavy (non-hydrogen) atoms. The van der Waals surface area contributed by atoms with Gasteiger partial charge in [-0.2, -0.15) is 0 Å². The predicted octanol–water partition coefficient (Wildman–Crippen LogP) is 2.22. The van der Waals surface area contributed by atoms with E-state index < -0.39 is 0 Å². The smallest absolute Gasteiger partial charge is 0.138 e. The fourth-order valence-corrected chi connectivity index (χ4v) is 2.35. The molecule has 0 radical (unpaired) electrons. The van der Waals surface area contributed by atoms with Crippen molar-refractivity contribution >= 4 is 0 Å². The van der Waals surface area contributed by atoms with Gasteiger partial charge in [-0.05, 0) is 26.0 Å². The largest absolute Gasteiger partial charge is 0.508 e. The minimum atomic E-state index is 0.129. The number of nitrogens with one attached hydrogen (secondary N) is 1. The highest BCUT2D eigenvalue weighted by Crippen LogP contribution is 2.35. The number of aromatic nitrogens is 1. The van der Waals surface area contributed by atoms with Crippen LogP contribution in [0.15, 0.2) is 22.7 Å². The molecule has 100 valence electrons. The van der Waals surface area contributed by atoms with E-state index in [0.717, 1.165) is 28.3 Å². The minimum absolute atomic E-state index is 0.129. The number of fused-ring (bicyclic) bond motifs is 1. The molecule has 0 bridgehead atoms. The summed E-state index contributed by atoms with van der Waals surface area (Å²) in [6.45, 7) is 5.11. The summed E-state index contributed by atoms with van der Waals surface area (Å²) in [6, 6.07) is 5.34. The first-order chi connectivity index (χ1) is 9.15. The van der Waals surface area contributed by atoms with Gasteiger partial charge < -0.3 is 19.7 Å². The average molecular weight is 260 g/mol. The number of hydrogen-bond acceptors (Lipinski definition) is 5. The molecular weight excluding hydrogens is 244 g/mol. The Morgan fingerprint density at radius 2 is 2.26 bits per heavy atom. The van der Waals surface area contributed by atoms with Gasteiger partial charge >= 0.3 is 0 Å². The summed E-state index contributed by atoms with van der Waals surface area (Å²) in [6.07, 6.45) is 0. The standard InChI is InChI=1S/C14H16N2O3/c1-8-12(9(2)19-16-8)6-15-13-7-18-14-5-10(17)3-4-11(13)14/h3-5,13,15,17H,6-7H2,1-2H3. The van der Waals surface area contributed by atoms with E-state index in [1.807, 2.05) is 19.9 Å². The van der Waals surface area contributed by atoms with E-state index in [1.165, 1.54) is 0 Å². The Hall–Kier alpha value is -2.01. The number of phenolic OH excluding ortho intramolecular Hbond substituents is 1. The van der Waals surface area contributed by atoms with Crippen molar-refractivity contribution in [1.29, 1.82) is 0 Å². The molecular formula is C14H16N2O3. The van der Waals surface area contributed by atoms with E-state index in [2.05, 4.69) is 10.5 Å². The molecule has 0 saturated carbocycles. The Morgan fingerprint density at radius 3 is 3.00 bits per heavy atom. The molecule has 2 aromatic rings. The molecule has 1 aliphatic rings. The molecule has 1 atom stereocenters. The van der Waals surface area contributed by atoms with Crippen LogP contribution in [0.2, 0.25) is 0 Å². The van der Waals surface area contributed by atoms with E-state index >= 15 is 0 Å². The summed E-state index contributed by atoms with van der Waals surface area (Å²) in [7, 11) is 0. The maximum Gasteiger partial charge on any atom is 0.138 e. The molecule has 0 spiro atoms. The predicted molar refractivity (Wildman–Crippen MR) is 69.2 cm³/mol. The summed E-state index contributed by atoms with van der Waals surface area (Å²) in [5, 5.41) is 16.8. The van der Waals surface area contributed by atoms with Gasteiger partial charge in [0.2, 0.25) is 0 Å². The maximum absolute atomic E-state index is 9.41. The van der Waals surface area contributed by atoms with E-state index in [0.29, 0.717) is 13.2 Å². The molecule has 5 nitrogen and oxygen atoms in total. The lowest BCUT2D eigenvalue weighted by Gasteiger charge is -2.11. The Kier molecular flexibility index (Phi) is 2.91. The van der Waals surface area contributed by atoms with Gasteiger partial charge in [0, 0.05) is 23.7 Å². The zero-order valence-corrected chi connectivity index (χ0v) is 10.9. The Morgan fingerprint density at radius 1 is 1.42 bits per heavy atom. The van der Waals surface area contributed by atoms with Crippen LogP contribution in [0, 0.1) is 13.8 Å². The summed E-state index contributed by atoms with van der Waals surface area (Å²) >= 11 is 0. The number of benzene rings is 1. The number of aryl methyl sites for hydroxylation is 2. The van der Waals surface area contributed by atoms with Gasteiger partial charge in [0.1, 0.15) is 23.9 Å². The first kappa shape index (κ1) is 12.0. The van der Waals surface area contributed by atoms with Crippen LogP contribution in [0.1, 0.15) is 28.6 Å². The molecule has 3 rings (SSSR count). The third-order valence-electron chi connectivity index (χ3n) is 3.48. The van der Waals surface area contributed by atoms with Crippen LogP contribution in [0.25, 0.3) is 0 Å². The molecule has 1 aromatic carbocycles. The van der Waals surface area contributed by atoms with Crippen molar-refractivity contribution in [1.82, 2.24) is 10.5 Å². The van der Waals surface area contributed by atoms with E-state index in [9.17, 15) is 5.11 Å². The second-order valence-corrected chi connectivity index (χ2v) is 4.77. The highest BCUT2D eigenvalue weighted by Gasteiger charge is 2.24. The molecule has 1 aliphatic heterocycles. The maximum atomic E-state index is 9.41. The molecule has 1 unspecified atom stereocenters. The highest BCUT2D eigenvalue weighted by atomic mass is 16.5. The molecule has 2 N–H and O–H groups in total. The summed E-state index contributed by atoms with van der Waals surface area (Å²) < 4.78 is 10.7. The number of rotatable bonds is 3. The summed E-state index contributed by atoms with van der Waals surface area (Å²) in [4.78, 5) is 0. The molecule has 0 saturated heterocycles. The van der Waals surface area contributed by atoms with E-state index in [4.69, 9.17) is 9.26 Å². The first-order valence-electron chi connectivity index (χ1n) is 6.26. The number of hydrogen-bond donors (Lipinski definition) is 2. The van der Waals surface area contributed by atoms with Crippen LogP contribution >= 0.6 is 0 Å². The molecule has 5 heteroatoms. The number of nitrogens with zero attached hydrogens (tertiary/aromatic N) is 1. The van der Waals surface area contributed by atoms with Crippen LogP contribution in [0.3, 0.4) is 0 Å². The number of phenols is 1. The van der Waals surface area contributed by atoms with Crippen molar-refractivity contribution in [2.24, 2.45) is 0 Å². The van der Waals surface area contributed by atoms with E-state index in [1.54, 1.807) is 12.1 Å². The summed E-state index contributed by atoms with van der Waals surface area (Å²) in [5.41, 5.74) is 3.08. The van der Waals surface area contributed by atoms with Crippen molar-refractivity contribution in [2.75, 3.05) is 6.61 Å². The Labute approximate surface area is 111 Å². The Bertz CT molecular complexity index is 587. The quantitative estimate of drug-likeness (QED) is 0.885. The fraction of sp³-hybridized carbons (Fsp3) is 0.357. The monoisotopic (exact) mass is 260 g/mol. The highest BCUT2D eigenvalue weighted by molar-refractivity contribution is 5.44. The first-order valence-corrected chi connectivity index (χ1v) is 6.26. The normalized spacial score (nSPS) is 17.3. The average Bonchev–Trinajstić information content (AvgIpc) is 2.92. The SMILES string of the molecule is Cc1noc(C)c1CNC1COc2cc(O)ccc21. The summed E-state index contributed by atoms with van der Waals surface area (Å²) in [5.74, 6) is 1.82. The van der Waals surface area contributed by atoms with Gasteiger partial charge in [0.25, 0.3) is 0 Å². The molecule has 1 aromatic heterocycles. The minimum Gasteiger partial charge on any atom is -0.508 e. The molecule has 2 heterocycles. The lowest BCUT2D eigenvalue weighted by atomic mass is 10.1. The fourth-order valence-electron chi connectivity index (χ4n) is 2.35. The van der Waals surface area contributed by atoms with Crippen LogP contribution in [-0.2, 0) is 6.54 Å². The van der Waals surface area contributed by atoms with Crippen LogP contribution < -0.4 is 10.1 Å². The Balaban J connectivity index is 1.73. The van der Waals surface area contributed by atoms with Gasteiger partial charge in [0.15, 0.2) is 0 Å². The van der Waals surface area contributed by atoms with Crippen LogP contribution in [-0.4, -0.2) is 16.9 Å².